The van der Waals surface area contributed by atoms with Crippen LogP contribution in [0.15, 0.2) is 35.2 Å². The first-order chi connectivity index (χ1) is 9.67. The fourth-order valence-electron chi connectivity index (χ4n) is 2.12. The molecule has 0 amide bonds. The van der Waals surface area contributed by atoms with Gasteiger partial charge in [-0.3, -0.25) is 0 Å². The molecule has 2 atom stereocenters. The SMILES string of the molecule is N#C[C@H](c1ccc(F)c(F)c1)[C@@H](CCO)c1cnco1. The number of hydrogen-bond donors (Lipinski definition) is 1. The van der Waals surface area contributed by atoms with Crippen molar-refractivity contribution in [2.75, 3.05) is 6.61 Å². The zero-order valence-corrected chi connectivity index (χ0v) is 10.5. The molecular formula is C14H12F2N2O2. The van der Waals surface area contributed by atoms with E-state index in [1.807, 2.05) is 0 Å². The molecule has 1 aromatic heterocycles. The van der Waals surface area contributed by atoms with Crippen molar-refractivity contribution in [3.05, 3.63) is 53.7 Å². The lowest BCUT2D eigenvalue weighted by Crippen LogP contribution is -2.12. The lowest BCUT2D eigenvalue weighted by atomic mass is 9.83. The van der Waals surface area contributed by atoms with Gasteiger partial charge in [0.1, 0.15) is 5.76 Å². The molecule has 0 aliphatic heterocycles. The van der Waals surface area contributed by atoms with Gasteiger partial charge in [0.15, 0.2) is 18.0 Å². The van der Waals surface area contributed by atoms with Crippen molar-refractivity contribution in [1.82, 2.24) is 4.98 Å². The number of aromatic nitrogens is 1. The lowest BCUT2D eigenvalue weighted by molar-refractivity contribution is 0.262. The summed E-state index contributed by atoms with van der Waals surface area (Å²) in [6.07, 6.45) is 2.93. The molecule has 0 unspecified atom stereocenters. The molecule has 2 aromatic rings. The Hall–Kier alpha value is -2.26. The summed E-state index contributed by atoms with van der Waals surface area (Å²) >= 11 is 0. The molecule has 0 bridgehead atoms. The van der Waals surface area contributed by atoms with E-state index in [0.29, 0.717) is 11.3 Å². The summed E-state index contributed by atoms with van der Waals surface area (Å²) in [4.78, 5) is 3.78. The smallest absolute Gasteiger partial charge is 0.180 e. The van der Waals surface area contributed by atoms with Crippen LogP contribution in [0.2, 0.25) is 0 Å². The number of aliphatic hydroxyl groups excluding tert-OH is 1. The van der Waals surface area contributed by atoms with Crippen LogP contribution in [-0.2, 0) is 0 Å². The summed E-state index contributed by atoms with van der Waals surface area (Å²) in [5.74, 6) is -2.79. The molecule has 0 aliphatic rings. The molecule has 0 radical (unpaired) electrons. The van der Waals surface area contributed by atoms with Gasteiger partial charge in [0, 0.05) is 12.5 Å². The highest BCUT2D eigenvalue weighted by molar-refractivity contribution is 5.30. The van der Waals surface area contributed by atoms with Crippen LogP contribution in [-0.4, -0.2) is 16.7 Å². The molecule has 0 spiro atoms. The molecule has 1 heterocycles. The minimum atomic E-state index is -1.01. The van der Waals surface area contributed by atoms with Crippen molar-refractivity contribution in [2.45, 2.75) is 18.3 Å². The maximum Gasteiger partial charge on any atom is 0.180 e. The number of hydrogen-bond acceptors (Lipinski definition) is 4. The van der Waals surface area contributed by atoms with Crippen LogP contribution in [0.4, 0.5) is 8.78 Å². The first-order valence-corrected chi connectivity index (χ1v) is 6.01. The van der Waals surface area contributed by atoms with Gasteiger partial charge in [-0.25, -0.2) is 13.8 Å². The van der Waals surface area contributed by atoms with Crippen molar-refractivity contribution >= 4 is 0 Å². The highest BCUT2D eigenvalue weighted by Gasteiger charge is 2.27. The number of halogens is 2. The minimum Gasteiger partial charge on any atom is -0.448 e. The van der Waals surface area contributed by atoms with E-state index in [4.69, 9.17) is 9.52 Å². The summed E-state index contributed by atoms with van der Waals surface area (Å²) in [5, 5.41) is 18.4. The molecule has 1 N–H and O–H groups in total. The van der Waals surface area contributed by atoms with Gasteiger partial charge in [0.25, 0.3) is 0 Å². The second-order valence-electron chi connectivity index (χ2n) is 4.30. The van der Waals surface area contributed by atoms with E-state index in [1.165, 1.54) is 18.7 Å². The van der Waals surface area contributed by atoms with E-state index in [1.54, 1.807) is 0 Å². The summed E-state index contributed by atoms with van der Waals surface area (Å²) in [6, 6.07) is 5.37. The normalized spacial score (nSPS) is 13.7. The Kier molecular flexibility index (Phi) is 4.43. The van der Waals surface area contributed by atoms with Crippen molar-refractivity contribution < 1.29 is 18.3 Å². The van der Waals surface area contributed by atoms with E-state index in [2.05, 4.69) is 11.1 Å². The predicted octanol–water partition coefficient (Wildman–Crippen LogP) is 2.73. The highest BCUT2D eigenvalue weighted by atomic mass is 19.2. The Morgan fingerprint density at radius 2 is 2.15 bits per heavy atom. The third-order valence-corrected chi connectivity index (χ3v) is 3.10. The molecule has 104 valence electrons. The summed E-state index contributed by atoms with van der Waals surface area (Å²) in [7, 11) is 0. The van der Waals surface area contributed by atoms with Gasteiger partial charge in [-0.1, -0.05) is 6.07 Å². The lowest BCUT2D eigenvalue weighted by Gasteiger charge is -2.19. The molecule has 20 heavy (non-hydrogen) atoms. The molecule has 0 saturated carbocycles. The van der Waals surface area contributed by atoms with Crippen LogP contribution in [0.3, 0.4) is 0 Å². The first kappa shape index (κ1) is 14.2. The Labute approximate surface area is 114 Å². The van der Waals surface area contributed by atoms with Gasteiger partial charge < -0.3 is 9.52 Å². The third kappa shape index (κ3) is 2.83. The van der Waals surface area contributed by atoms with Crippen LogP contribution in [0.1, 0.15) is 29.6 Å². The zero-order chi connectivity index (χ0) is 14.5. The van der Waals surface area contributed by atoms with Crippen LogP contribution < -0.4 is 0 Å². The molecular weight excluding hydrogens is 266 g/mol. The zero-order valence-electron chi connectivity index (χ0n) is 10.5. The summed E-state index contributed by atoms with van der Waals surface area (Å²) in [5.41, 5.74) is 0.334. The van der Waals surface area contributed by atoms with Crippen molar-refractivity contribution in [1.29, 1.82) is 5.26 Å². The Balaban J connectivity index is 2.38. The molecule has 0 aliphatic carbocycles. The fraction of sp³-hybridized carbons (Fsp3) is 0.286. The number of aliphatic hydroxyl groups is 1. The monoisotopic (exact) mass is 278 g/mol. The quantitative estimate of drug-likeness (QED) is 0.912. The Morgan fingerprint density at radius 1 is 1.35 bits per heavy atom. The van der Waals surface area contributed by atoms with Crippen molar-refractivity contribution in [3.63, 3.8) is 0 Å². The average Bonchev–Trinajstić information content (AvgIpc) is 2.96. The maximum absolute atomic E-state index is 13.3. The van der Waals surface area contributed by atoms with Gasteiger partial charge in [-0.05, 0) is 24.1 Å². The number of oxazole rings is 1. The number of nitriles is 1. The molecule has 0 fully saturated rings. The van der Waals surface area contributed by atoms with Crippen molar-refractivity contribution in [2.24, 2.45) is 0 Å². The number of nitrogens with zero attached hydrogens (tertiary/aromatic N) is 2. The molecule has 1 aromatic carbocycles. The van der Waals surface area contributed by atoms with E-state index in [-0.39, 0.29) is 13.0 Å². The van der Waals surface area contributed by atoms with Crippen molar-refractivity contribution in [3.8, 4) is 6.07 Å². The number of benzene rings is 1. The summed E-state index contributed by atoms with van der Waals surface area (Å²) in [6.45, 7) is -0.160. The Bertz CT molecular complexity index is 608. The van der Waals surface area contributed by atoms with Gasteiger partial charge >= 0.3 is 0 Å². The van der Waals surface area contributed by atoms with Gasteiger partial charge in [-0.15, -0.1) is 0 Å². The van der Waals surface area contributed by atoms with Crippen LogP contribution >= 0.6 is 0 Å². The standard InChI is InChI=1S/C14H12F2N2O2/c15-12-2-1-9(5-13(12)16)11(6-17)10(3-4-19)14-7-18-8-20-14/h1-2,5,7-8,10-11,19H,3-4H2/t10-,11-/m1/s1. The second-order valence-corrected chi connectivity index (χ2v) is 4.30. The number of rotatable bonds is 5. The second kappa shape index (κ2) is 6.26. The van der Waals surface area contributed by atoms with Gasteiger partial charge in [0.2, 0.25) is 0 Å². The fourth-order valence-corrected chi connectivity index (χ4v) is 2.12. The molecule has 0 saturated heterocycles. The van der Waals surface area contributed by atoms with Crippen LogP contribution in [0, 0.1) is 23.0 Å². The van der Waals surface area contributed by atoms with E-state index in [0.717, 1.165) is 12.1 Å². The van der Waals surface area contributed by atoms with E-state index in [9.17, 15) is 14.0 Å². The first-order valence-electron chi connectivity index (χ1n) is 6.01. The molecule has 2 rings (SSSR count). The Morgan fingerprint density at radius 3 is 2.70 bits per heavy atom. The van der Waals surface area contributed by atoms with Crippen LogP contribution in [0.5, 0.6) is 0 Å². The van der Waals surface area contributed by atoms with Gasteiger partial charge in [0.05, 0.1) is 18.2 Å². The molecule has 6 heteroatoms. The van der Waals surface area contributed by atoms with E-state index >= 15 is 0 Å². The largest absolute Gasteiger partial charge is 0.448 e. The average molecular weight is 278 g/mol. The van der Waals surface area contributed by atoms with Gasteiger partial charge in [-0.2, -0.15) is 5.26 Å². The summed E-state index contributed by atoms with van der Waals surface area (Å²) < 4.78 is 31.4. The maximum atomic E-state index is 13.3. The van der Waals surface area contributed by atoms with Crippen LogP contribution in [0.25, 0.3) is 0 Å². The van der Waals surface area contributed by atoms with E-state index < -0.39 is 23.5 Å². The highest BCUT2D eigenvalue weighted by Crippen LogP contribution is 2.35. The topological polar surface area (TPSA) is 70.0 Å². The third-order valence-electron chi connectivity index (χ3n) is 3.10. The molecule has 4 nitrogen and oxygen atoms in total. The minimum absolute atomic E-state index is 0.160. The predicted molar refractivity (Wildman–Crippen MR) is 65.7 cm³/mol.